The van der Waals surface area contributed by atoms with E-state index in [1.54, 1.807) is 38.1 Å². The van der Waals surface area contributed by atoms with Gasteiger partial charge >= 0.3 is 0 Å². The standard InChI is InChI=1S/C23H27ClFN3O3/c1-23(2,31-20-9-5-18(24)6-10-20)22(30)28-15-13-27(14-16-28)12-11-26-21(29)17-3-7-19(25)8-4-17/h3-10H,11-16H2,1-2H3,(H,26,29). The van der Waals surface area contributed by atoms with Crippen LogP contribution in [0.5, 0.6) is 5.75 Å². The number of nitrogens with one attached hydrogen (secondary N) is 1. The predicted octanol–water partition coefficient (Wildman–Crippen LogP) is 3.21. The molecule has 1 aliphatic heterocycles. The Bertz CT molecular complexity index is 895. The first-order valence-corrected chi connectivity index (χ1v) is 10.6. The molecule has 0 saturated carbocycles. The number of carbonyl (C=O) groups excluding carboxylic acids is 2. The second-order valence-electron chi connectivity index (χ2n) is 7.96. The summed E-state index contributed by atoms with van der Waals surface area (Å²) in [4.78, 5) is 29.1. The van der Waals surface area contributed by atoms with Crippen LogP contribution in [0.15, 0.2) is 48.5 Å². The van der Waals surface area contributed by atoms with E-state index >= 15 is 0 Å². The van der Waals surface area contributed by atoms with Gasteiger partial charge in [0, 0.05) is 49.9 Å². The SMILES string of the molecule is CC(C)(Oc1ccc(Cl)cc1)C(=O)N1CCN(CCNC(=O)c2ccc(F)cc2)CC1. The Hall–Kier alpha value is -2.64. The van der Waals surface area contributed by atoms with Gasteiger partial charge in [0.25, 0.3) is 11.8 Å². The summed E-state index contributed by atoms with van der Waals surface area (Å²) in [6.45, 7) is 7.32. The van der Waals surface area contributed by atoms with E-state index in [-0.39, 0.29) is 17.6 Å². The molecule has 0 aliphatic carbocycles. The summed E-state index contributed by atoms with van der Waals surface area (Å²) in [5.41, 5.74) is -0.557. The van der Waals surface area contributed by atoms with Crippen LogP contribution < -0.4 is 10.1 Å². The van der Waals surface area contributed by atoms with E-state index in [0.29, 0.717) is 42.5 Å². The highest BCUT2D eigenvalue weighted by atomic mass is 35.5. The van der Waals surface area contributed by atoms with Gasteiger partial charge in [-0.2, -0.15) is 0 Å². The van der Waals surface area contributed by atoms with Crippen molar-refractivity contribution < 1.29 is 18.7 Å². The van der Waals surface area contributed by atoms with E-state index in [0.717, 1.165) is 13.1 Å². The molecule has 8 heteroatoms. The molecule has 0 atom stereocenters. The van der Waals surface area contributed by atoms with Crippen molar-refractivity contribution in [3.63, 3.8) is 0 Å². The first-order chi connectivity index (χ1) is 14.7. The van der Waals surface area contributed by atoms with Crippen LogP contribution in [0.3, 0.4) is 0 Å². The average Bonchev–Trinajstić information content (AvgIpc) is 2.75. The number of piperazine rings is 1. The minimum Gasteiger partial charge on any atom is -0.478 e. The molecule has 0 bridgehead atoms. The van der Waals surface area contributed by atoms with Gasteiger partial charge in [-0.05, 0) is 62.4 Å². The largest absolute Gasteiger partial charge is 0.478 e. The summed E-state index contributed by atoms with van der Waals surface area (Å²) >= 11 is 5.90. The van der Waals surface area contributed by atoms with E-state index < -0.39 is 5.60 Å². The number of benzene rings is 2. The molecule has 1 N–H and O–H groups in total. The third-order valence-electron chi connectivity index (χ3n) is 5.18. The van der Waals surface area contributed by atoms with E-state index in [1.807, 2.05) is 4.90 Å². The molecule has 0 spiro atoms. The normalized spacial score (nSPS) is 14.9. The van der Waals surface area contributed by atoms with Crippen molar-refractivity contribution in [2.45, 2.75) is 19.4 Å². The van der Waals surface area contributed by atoms with Gasteiger partial charge in [0.05, 0.1) is 0 Å². The predicted molar refractivity (Wildman–Crippen MR) is 118 cm³/mol. The summed E-state index contributed by atoms with van der Waals surface area (Å²) in [6.07, 6.45) is 0. The third kappa shape index (κ3) is 6.42. The van der Waals surface area contributed by atoms with Gasteiger partial charge in [0.15, 0.2) is 5.60 Å². The smallest absolute Gasteiger partial charge is 0.266 e. The topological polar surface area (TPSA) is 61.9 Å². The van der Waals surface area contributed by atoms with Crippen molar-refractivity contribution in [2.75, 3.05) is 39.3 Å². The van der Waals surface area contributed by atoms with Crippen molar-refractivity contribution in [3.8, 4) is 5.75 Å². The minimum absolute atomic E-state index is 0.0632. The summed E-state index contributed by atoms with van der Waals surface area (Å²) in [7, 11) is 0. The lowest BCUT2D eigenvalue weighted by molar-refractivity contribution is -0.147. The number of hydrogen-bond acceptors (Lipinski definition) is 4. The Labute approximate surface area is 186 Å². The Balaban J connectivity index is 1.42. The van der Waals surface area contributed by atoms with E-state index in [4.69, 9.17) is 16.3 Å². The lowest BCUT2D eigenvalue weighted by Crippen LogP contribution is -2.56. The van der Waals surface area contributed by atoms with Crippen LogP contribution >= 0.6 is 11.6 Å². The summed E-state index contributed by atoms with van der Waals surface area (Å²) in [5.74, 6) is -0.0642. The Morgan fingerprint density at radius 2 is 1.65 bits per heavy atom. The number of amides is 2. The second-order valence-corrected chi connectivity index (χ2v) is 8.40. The highest BCUT2D eigenvalue weighted by Crippen LogP contribution is 2.23. The monoisotopic (exact) mass is 447 g/mol. The maximum Gasteiger partial charge on any atom is 0.266 e. The molecule has 1 saturated heterocycles. The number of nitrogens with zero attached hydrogens (tertiary/aromatic N) is 2. The Kier molecular flexibility index (Phi) is 7.51. The molecule has 1 fully saturated rings. The van der Waals surface area contributed by atoms with Crippen LogP contribution in [0.1, 0.15) is 24.2 Å². The van der Waals surface area contributed by atoms with Gasteiger partial charge in [0.1, 0.15) is 11.6 Å². The molecule has 1 aliphatic rings. The molecule has 2 amide bonds. The average molecular weight is 448 g/mol. The van der Waals surface area contributed by atoms with Gasteiger partial charge < -0.3 is 15.0 Å². The van der Waals surface area contributed by atoms with E-state index in [9.17, 15) is 14.0 Å². The molecule has 2 aromatic rings. The lowest BCUT2D eigenvalue weighted by atomic mass is 10.1. The van der Waals surface area contributed by atoms with Crippen molar-refractivity contribution in [1.82, 2.24) is 15.1 Å². The fourth-order valence-corrected chi connectivity index (χ4v) is 3.55. The highest BCUT2D eigenvalue weighted by molar-refractivity contribution is 6.30. The molecule has 166 valence electrons. The zero-order valence-electron chi connectivity index (χ0n) is 17.7. The Morgan fingerprint density at radius 3 is 2.26 bits per heavy atom. The zero-order chi connectivity index (χ0) is 22.4. The van der Waals surface area contributed by atoms with Crippen molar-refractivity contribution in [3.05, 3.63) is 64.9 Å². The van der Waals surface area contributed by atoms with Crippen LogP contribution in [0.4, 0.5) is 4.39 Å². The first kappa shape index (κ1) is 23.0. The minimum atomic E-state index is -0.987. The van der Waals surface area contributed by atoms with Crippen molar-refractivity contribution >= 4 is 23.4 Å². The van der Waals surface area contributed by atoms with Crippen LogP contribution in [-0.4, -0.2) is 66.5 Å². The molecule has 2 aromatic carbocycles. The number of ether oxygens (including phenoxy) is 1. The van der Waals surface area contributed by atoms with Crippen molar-refractivity contribution in [2.24, 2.45) is 0 Å². The molecule has 3 rings (SSSR count). The molecule has 6 nitrogen and oxygen atoms in total. The van der Waals surface area contributed by atoms with Gasteiger partial charge in [-0.15, -0.1) is 0 Å². The quantitative estimate of drug-likeness (QED) is 0.708. The third-order valence-corrected chi connectivity index (χ3v) is 5.43. The zero-order valence-corrected chi connectivity index (χ0v) is 18.5. The Morgan fingerprint density at radius 1 is 1.03 bits per heavy atom. The van der Waals surface area contributed by atoms with Crippen LogP contribution in [0.25, 0.3) is 0 Å². The van der Waals surface area contributed by atoms with E-state index in [2.05, 4.69) is 10.2 Å². The lowest BCUT2D eigenvalue weighted by Gasteiger charge is -2.38. The first-order valence-electron chi connectivity index (χ1n) is 10.2. The van der Waals surface area contributed by atoms with Gasteiger partial charge in [0.2, 0.25) is 0 Å². The molecule has 0 radical (unpaired) electrons. The maximum atomic E-state index is 13.0. The van der Waals surface area contributed by atoms with Crippen molar-refractivity contribution in [1.29, 1.82) is 0 Å². The van der Waals surface area contributed by atoms with Gasteiger partial charge in [-0.3, -0.25) is 14.5 Å². The highest BCUT2D eigenvalue weighted by Gasteiger charge is 2.35. The number of halogens is 2. The van der Waals surface area contributed by atoms with E-state index in [1.165, 1.54) is 24.3 Å². The number of carbonyl (C=O) groups is 2. The van der Waals surface area contributed by atoms with Crippen LogP contribution in [-0.2, 0) is 4.79 Å². The van der Waals surface area contributed by atoms with Gasteiger partial charge in [-0.25, -0.2) is 4.39 Å². The molecule has 0 aromatic heterocycles. The molecule has 0 unspecified atom stereocenters. The van der Waals surface area contributed by atoms with Crippen LogP contribution in [0.2, 0.25) is 5.02 Å². The fraction of sp³-hybridized carbons (Fsp3) is 0.391. The van der Waals surface area contributed by atoms with Gasteiger partial charge in [-0.1, -0.05) is 11.6 Å². The maximum absolute atomic E-state index is 13.0. The van der Waals surface area contributed by atoms with Crippen LogP contribution in [0, 0.1) is 5.82 Å². The summed E-state index contributed by atoms with van der Waals surface area (Å²) in [6, 6.07) is 12.4. The second kappa shape index (κ2) is 10.1. The summed E-state index contributed by atoms with van der Waals surface area (Å²) in [5, 5.41) is 3.45. The molecular weight excluding hydrogens is 421 g/mol. The number of hydrogen-bond donors (Lipinski definition) is 1. The molecule has 31 heavy (non-hydrogen) atoms. The summed E-state index contributed by atoms with van der Waals surface area (Å²) < 4.78 is 18.9. The molecule has 1 heterocycles. The number of rotatable bonds is 7. The fourth-order valence-electron chi connectivity index (χ4n) is 3.43. The molecular formula is C23H27ClFN3O3.